The molecule has 2 aromatic carbocycles. The van der Waals surface area contributed by atoms with E-state index < -0.39 is 5.79 Å². The highest BCUT2D eigenvalue weighted by Gasteiger charge is 2.45. The Balaban J connectivity index is 1.73. The van der Waals surface area contributed by atoms with Crippen LogP contribution in [0.15, 0.2) is 60.7 Å². The topological polar surface area (TPSA) is 36.9 Å². The van der Waals surface area contributed by atoms with Crippen molar-refractivity contribution in [2.75, 3.05) is 12.9 Å². The van der Waals surface area contributed by atoms with Crippen molar-refractivity contribution >= 4 is 28.4 Å². The van der Waals surface area contributed by atoms with Gasteiger partial charge >= 0.3 is 0 Å². The zero-order chi connectivity index (χ0) is 20.7. The van der Waals surface area contributed by atoms with Crippen LogP contribution in [-0.4, -0.2) is 41.3 Å². The smallest absolute Gasteiger partial charge is 0.220 e. The lowest BCUT2D eigenvalue weighted by Gasteiger charge is -2.45. The van der Waals surface area contributed by atoms with Crippen molar-refractivity contribution in [2.45, 2.75) is 51.0 Å². The third-order valence-corrected chi connectivity index (χ3v) is 5.70. The second-order valence-corrected chi connectivity index (χ2v) is 8.85. The van der Waals surface area contributed by atoms with Crippen LogP contribution in [0.25, 0.3) is 0 Å². The van der Waals surface area contributed by atoms with Crippen LogP contribution < -0.4 is 0 Å². The number of benzene rings is 2. The monoisotopic (exact) mass is 432 g/mol. The number of thiocarbonyl (C=S) groups is 1. The number of rotatable bonds is 7. The first-order valence-corrected chi connectivity index (χ1v) is 11.4. The average Bonchev–Trinajstić information content (AvgIpc) is 2.71. The second kappa shape index (κ2) is 10.5. The molecular weight excluding hydrogens is 404 g/mol. The van der Waals surface area contributed by atoms with E-state index in [9.17, 15) is 0 Å². The first kappa shape index (κ1) is 22.2. The highest BCUT2D eigenvalue weighted by Crippen LogP contribution is 2.32. The van der Waals surface area contributed by atoms with Gasteiger partial charge < -0.3 is 18.9 Å². The Hall–Kier alpha value is -1.44. The first-order chi connectivity index (χ1) is 14.0. The molecule has 0 bridgehead atoms. The fourth-order valence-electron chi connectivity index (χ4n) is 3.44. The number of hydrogen-bond donors (Lipinski definition) is 0. The minimum atomic E-state index is -0.735. The van der Waals surface area contributed by atoms with Crippen molar-refractivity contribution in [3.8, 4) is 0 Å². The standard InChI is InChI=1S/C23H28O4S2/c1-23(2)26-19(14-17-10-6-4-7-11-17)21(25-22(28)29-3)20(27-23)16-24-15-18-12-8-5-9-13-18/h4-13,19-21H,14-16H2,1-3H3/t19-,20-,21-/m0/s1. The van der Waals surface area contributed by atoms with Gasteiger partial charge in [-0.2, -0.15) is 0 Å². The third kappa shape index (κ3) is 6.79. The molecule has 1 aliphatic heterocycles. The van der Waals surface area contributed by atoms with Crippen LogP contribution in [0.1, 0.15) is 25.0 Å². The van der Waals surface area contributed by atoms with E-state index in [-0.39, 0.29) is 18.3 Å². The molecule has 4 nitrogen and oxygen atoms in total. The van der Waals surface area contributed by atoms with E-state index in [2.05, 4.69) is 12.1 Å². The van der Waals surface area contributed by atoms with E-state index in [1.54, 1.807) is 0 Å². The molecule has 1 aliphatic rings. The summed E-state index contributed by atoms with van der Waals surface area (Å²) in [6.07, 6.45) is 1.78. The van der Waals surface area contributed by atoms with Gasteiger partial charge in [-0.1, -0.05) is 72.4 Å². The van der Waals surface area contributed by atoms with Crippen molar-refractivity contribution in [1.82, 2.24) is 0 Å². The van der Waals surface area contributed by atoms with Crippen LogP contribution in [0.2, 0.25) is 0 Å². The number of ether oxygens (including phenoxy) is 4. The van der Waals surface area contributed by atoms with Gasteiger partial charge in [0.2, 0.25) is 4.38 Å². The van der Waals surface area contributed by atoms with Crippen LogP contribution in [0.4, 0.5) is 0 Å². The maximum atomic E-state index is 6.26. The normalized spacial score (nSPS) is 23.5. The largest absolute Gasteiger partial charge is 0.470 e. The Morgan fingerprint density at radius 3 is 2.17 bits per heavy atom. The van der Waals surface area contributed by atoms with Gasteiger partial charge in [0.1, 0.15) is 12.2 Å². The molecule has 0 unspecified atom stereocenters. The Bertz CT molecular complexity index is 767. The van der Waals surface area contributed by atoms with Crippen molar-refractivity contribution in [2.24, 2.45) is 0 Å². The van der Waals surface area contributed by atoms with E-state index in [0.29, 0.717) is 24.0 Å². The molecule has 0 amide bonds. The quantitative estimate of drug-likeness (QED) is 0.573. The van der Waals surface area contributed by atoms with E-state index in [0.717, 1.165) is 5.56 Å². The molecular formula is C23H28O4S2. The molecule has 0 aromatic heterocycles. The molecule has 0 aliphatic carbocycles. The van der Waals surface area contributed by atoms with Gasteiger partial charge in [0, 0.05) is 6.42 Å². The van der Waals surface area contributed by atoms with Crippen LogP contribution in [0.3, 0.4) is 0 Å². The first-order valence-electron chi connectivity index (χ1n) is 9.72. The fourth-order valence-corrected chi connectivity index (χ4v) is 3.76. The Kier molecular flexibility index (Phi) is 8.09. The van der Waals surface area contributed by atoms with Crippen LogP contribution in [0, 0.1) is 0 Å². The SMILES string of the molecule is CSC(=S)O[C@@H]1[C@H](COCc2ccccc2)OC(C)(C)O[C@H]1Cc1ccccc1. The van der Waals surface area contributed by atoms with Crippen molar-refractivity contribution < 1.29 is 18.9 Å². The molecule has 0 radical (unpaired) electrons. The predicted octanol–water partition coefficient (Wildman–Crippen LogP) is 5.00. The summed E-state index contributed by atoms with van der Waals surface area (Å²) in [5.41, 5.74) is 2.31. The van der Waals surface area contributed by atoms with Crippen LogP contribution in [0.5, 0.6) is 0 Å². The zero-order valence-electron chi connectivity index (χ0n) is 17.1. The van der Waals surface area contributed by atoms with Crippen LogP contribution >= 0.6 is 24.0 Å². The molecule has 0 spiro atoms. The Labute approximate surface area is 182 Å². The molecule has 156 valence electrons. The van der Waals surface area contributed by atoms with Crippen LogP contribution in [-0.2, 0) is 32.0 Å². The van der Waals surface area contributed by atoms with Gasteiger partial charge in [-0.25, -0.2) is 0 Å². The summed E-state index contributed by atoms with van der Waals surface area (Å²) in [5.74, 6) is -0.735. The van der Waals surface area contributed by atoms with E-state index in [1.807, 2.05) is 68.6 Å². The molecule has 3 rings (SSSR count). The maximum absolute atomic E-state index is 6.26. The molecule has 3 atom stereocenters. The summed E-state index contributed by atoms with van der Waals surface area (Å²) in [5, 5.41) is 0. The fraction of sp³-hybridized carbons (Fsp3) is 0.435. The molecule has 6 heteroatoms. The zero-order valence-corrected chi connectivity index (χ0v) is 18.7. The summed E-state index contributed by atoms with van der Waals surface area (Å²) in [6.45, 7) is 4.77. The van der Waals surface area contributed by atoms with E-state index in [4.69, 9.17) is 31.2 Å². The average molecular weight is 433 g/mol. The summed E-state index contributed by atoms with van der Waals surface area (Å²) >= 11 is 6.75. The summed E-state index contributed by atoms with van der Waals surface area (Å²) in [6, 6.07) is 20.4. The highest BCUT2D eigenvalue weighted by molar-refractivity contribution is 8.22. The lowest BCUT2D eigenvalue weighted by atomic mass is 9.98. The number of thioether (sulfide) groups is 1. The second-order valence-electron chi connectivity index (χ2n) is 7.44. The molecule has 1 fully saturated rings. The lowest BCUT2D eigenvalue weighted by Crippen LogP contribution is -2.57. The van der Waals surface area contributed by atoms with Gasteiger partial charge in [0.05, 0.1) is 13.2 Å². The lowest BCUT2D eigenvalue weighted by molar-refractivity contribution is -0.334. The third-order valence-electron chi connectivity index (χ3n) is 4.68. The van der Waals surface area contributed by atoms with Gasteiger partial charge in [-0.3, -0.25) is 0 Å². The molecule has 29 heavy (non-hydrogen) atoms. The Morgan fingerprint density at radius 1 is 0.966 bits per heavy atom. The molecule has 2 aromatic rings. The van der Waals surface area contributed by atoms with Gasteiger partial charge in [-0.15, -0.1) is 0 Å². The predicted molar refractivity (Wildman–Crippen MR) is 121 cm³/mol. The minimum absolute atomic E-state index is 0.198. The van der Waals surface area contributed by atoms with Crippen molar-refractivity contribution in [1.29, 1.82) is 0 Å². The van der Waals surface area contributed by atoms with Gasteiger partial charge in [0.25, 0.3) is 0 Å². The molecule has 1 heterocycles. The molecule has 1 saturated heterocycles. The van der Waals surface area contributed by atoms with E-state index in [1.165, 1.54) is 17.3 Å². The van der Waals surface area contributed by atoms with Crippen molar-refractivity contribution in [3.05, 3.63) is 71.8 Å². The highest BCUT2D eigenvalue weighted by atomic mass is 32.2. The Morgan fingerprint density at radius 2 is 1.55 bits per heavy atom. The summed E-state index contributed by atoms with van der Waals surface area (Å²) in [4.78, 5) is 0. The van der Waals surface area contributed by atoms with E-state index >= 15 is 0 Å². The molecule has 0 saturated carbocycles. The molecule has 0 N–H and O–H groups in total. The van der Waals surface area contributed by atoms with Gasteiger partial charge in [0.15, 0.2) is 11.9 Å². The van der Waals surface area contributed by atoms with Gasteiger partial charge in [-0.05, 0) is 43.4 Å². The summed E-state index contributed by atoms with van der Waals surface area (Å²) < 4.78 is 25.0. The maximum Gasteiger partial charge on any atom is 0.220 e. The summed E-state index contributed by atoms with van der Waals surface area (Å²) in [7, 11) is 0. The number of hydrogen-bond acceptors (Lipinski definition) is 6. The van der Waals surface area contributed by atoms with Crippen molar-refractivity contribution in [3.63, 3.8) is 0 Å². The minimum Gasteiger partial charge on any atom is -0.470 e.